The number of nitrogens with zero attached hydrogens (tertiary/aromatic N) is 4. The molecule has 2 atom stereocenters. The molecule has 0 saturated heterocycles. The van der Waals surface area contributed by atoms with E-state index in [1.165, 1.54) is 0 Å². The van der Waals surface area contributed by atoms with Gasteiger partial charge < -0.3 is 20.1 Å². The molecule has 5 rings (SSSR count). The fourth-order valence-electron chi connectivity index (χ4n) is 4.16. The number of rotatable bonds is 5. The number of aliphatic hydroxyl groups is 2. The Labute approximate surface area is 184 Å². The number of hydrogen-bond acceptors (Lipinski definition) is 7. The molecule has 1 aromatic carbocycles. The minimum atomic E-state index is -0.943. The highest BCUT2D eigenvalue weighted by molar-refractivity contribution is 7.22. The van der Waals surface area contributed by atoms with Gasteiger partial charge in [-0.25, -0.2) is 15.0 Å². The molecule has 3 aromatic heterocycles. The molecule has 31 heavy (non-hydrogen) atoms. The summed E-state index contributed by atoms with van der Waals surface area (Å²) in [7, 11) is 0. The van der Waals surface area contributed by atoms with Gasteiger partial charge in [0.15, 0.2) is 10.8 Å². The van der Waals surface area contributed by atoms with Gasteiger partial charge in [-0.3, -0.25) is 0 Å². The third-order valence-corrected chi connectivity index (χ3v) is 6.96. The van der Waals surface area contributed by atoms with Gasteiger partial charge in [0.1, 0.15) is 5.52 Å². The maximum absolute atomic E-state index is 10.2. The van der Waals surface area contributed by atoms with Gasteiger partial charge in [-0.2, -0.15) is 0 Å². The predicted octanol–water partition coefficient (Wildman–Crippen LogP) is 4.03. The molecule has 3 N–H and O–H groups in total. The van der Waals surface area contributed by atoms with E-state index in [1.807, 2.05) is 16.7 Å². The zero-order chi connectivity index (χ0) is 21.6. The van der Waals surface area contributed by atoms with Gasteiger partial charge in [-0.1, -0.05) is 30.2 Å². The maximum Gasteiger partial charge on any atom is 0.184 e. The van der Waals surface area contributed by atoms with Gasteiger partial charge in [-0.05, 0) is 50.5 Å². The van der Waals surface area contributed by atoms with Crippen molar-refractivity contribution >= 4 is 37.8 Å². The van der Waals surface area contributed by atoms with Crippen LogP contribution in [0.15, 0.2) is 36.8 Å². The topological polar surface area (TPSA) is 96.1 Å². The first-order chi connectivity index (χ1) is 14.9. The summed E-state index contributed by atoms with van der Waals surface area (Å²) in [5.74, 6) is 0. The summed E-state index contributed by atoms with van der Waals surface area (Å²) in [4.78, 5) is 13.7. The Kier molecular flexibility index (Phi) is 5.16. The molecular formula is C23H27N5O2S. The van der Waals surface area contributed by atoms with Crippen molar-refractivity contribution in [3.05, 3.63) is 47.9 Å². The molecule has 4 aromatic rings. The fraction of sp³-hybridized carbons (Fsp3) is 0.435. The van der Waals surface area contributed by atoms with Gasteiger partial charge in [-0.15, -0.1) is 0 Å². The summed E-state index contributed by atoms with van der Waals surface area (Å²) in [6, 6.07) is 8.27. The SMILES string of the molecule is CC(C)(O)c1cnc2c(c1)ncn2Cc1ccc2nc(NC3CCCCC3O)sc2c1. The Bertz CT molecular complexity index is 1230. The van der Waals surface area contributed by atoms with Crippen LogP contribution in [-0.2, 0) is 12.1 Å². The molecule has 0 spiro atoms. The summed E-state index contributed by atoms with van der Waals surface area (Å²) in [5.41, 5.74) is 3.49. The lowest BCUT2D eigenvalue weighted by molar-refractivity contribution is 0.0784. The molecule has 2 unspecified atom stereocenters. The van der Waals surface area contributed by atoms with Crippen LogP contribution < -0.4 is 5.32 Å². The van der Waals surface area contributed by atoms with Gasteiger partial charge in [0.25, 0.3) is 0 Å². The molecule has 0 radical (unpaired) electrons. The average Bonchev–Trinajstić information content (AvgIpc) is 3.32. The number of anilines is 1. The van der Waals surface area contributed by atoms with Crippen molar-refractivity contribution in [3.8, 4) is 0 Å². The van der Waals surface area contributed by atoms with E-state index < -0.39 is 5.60 Å². The third-order valence-electron chi connectivity index (χ3n) is 6.01. The van der Waals surface area contributed by atoms with Crippen LogP contribution in [0.3, 0.4) is 0 Å². The van der Waals surface area contributed by atoms with Crippen molar-refractivity contribution < 1.29 is 10.2 Å². The maximum atomic E-state index is 10.2. The molecule has 162 valence electrons. The van der Waals surface area contributed by atoms with Crippen LogP contribution in [-0.4, -0.2) is 41.9 Å². The number of fused-ring (bicyclic) bond motifs is 2. The summed E-state index contributed by atoms with van der Waals surface area (Å²) in [6.45, 7) is 4.15. The zero-order valence-corrected chi connectivity index (χ0v) is 18.6. The molecule has 1 aliphatic rings. The van der Waals surface area contributed by atoms with Crippen LogP contribution in [0.4, 0.5) is 5.13 Å². The van der Waals surface area contributed by atoms with Crippen LogP contribution in [0.2, 0.25) is 0 Å². The minimum absolute atomic E-state index is 0.0889. The molecule has 1 fully saturated rings. The quantitative estimate of drug-likeness (QED) is 0.436. The average molecular weight is 438 g/mol. The molecule has 0 amide bonds. The second-order valence-electron chi connectivity index (χ2n) is 8.92. The van der Waals surface area contributed by atoms with Gasteiger partial charge in [0.05, 0.1) is 40.8 Å². The first-order valence-electron chi connectivity index (χ1n) is 10.7. The molecule has 0 bridgehead atoms. The lowest BCUT2D eigenvalue weighted by Gasteiger charge is -2.27. The van der Waals surface area contributed by atoms with Crippen molar-refractivity contribution in [1.82, 2.24) is 19.5 Å². The summed E-state index contributed by atoms with van der Waals surface area (Å²) in [6.07, 6.45) is 7.29. The first-order valence-corrected chi connectivity index (χ1v) is 11.6. The van der Waals surface area contributed by atoms with Gasteiger partial charge in [0, 0.05) is 11.8 Å². The van der Waals surface area contributed by atoms with E-state index >= 15 is 0 Å². The van der Waals surface area contributed by atoms with E-state index in [4.69, 9.17) is 4.98 Å². The van der Waals surface area contributed by atoms with E-state index in [1.54, 1.807) is 37.7 Å². The van der Waals surface area contributed by atoms with Crippen molar-refractivity contribution in [2.45, 2.75) is 63.8 Å². The molecular weight excluding hydrogens is 410 g/mol. The normalized spacial score (nSPS) is 19.9. The van der Waals surface area contributed by atoms with Crippen LogP contribution in [0.25, 0.3) is 21.4 Å². The minimum Gasteiger partial charge on any atom is -0.391 e. The summed E-state index contributed by atoms with van der Waals surface area (Å²) >= 11 is 1.63. The fourth-order valence-corrected chi connectivity index (χ4v) is 5.15. The lowest BCUT2D eigenvalue weighted by Crippen LogP contribution is -2.36. The van der Waals surface area contributed by atoms with Crippen LogP contribution in [0, 0.1) is 0 Å². The molecule has 3 heterocycles. The molecule has 0 aliphatic heterocycles. The van der Waals surface area contributed by atoms with Crippen LogP contribution in [0.1, 0.15) is 50.7 Å². The van der Waals surface area contributed by atoms with Gasteiger partial charge >= 0.3 is 0 Å². The zero-order valence-electron chi connectivity index (χ0n) is 17.7. The highest BCUT2D eigenvalue weighted by Crippen LogP contribution is 2.30. The number of thiazole rings is 1. The number of benzene rings is 1. The Morgan fingerprint density at radius 3 is 2.81 bits per heavy atom. The molecule has 1 aliphatic carbocycles. The van der Waals surface area contributed by atoms with Crippen molar-refractivity contribution in [2.75, 3.05) is 5.32 Å². The van der Waals surface area contributed by atoms with E-state index in [0.717, 1.165) is 63.3 Å². The second kappa shape index (κ2) is 7.85. The van der Waals surface area contributed by atoms with E-state index in [2.05, 4.69) is 27.4 Å². The predicted molar refractivity (Wildman–Crippen MR) is 123 cm³/mol. The van der Waals surface area contributed by atoms with Crippen LogP contribution in [0.5, 0.6) is 0 Å². The standard InChI is InChI=1S/C23H27N5O2S/c1-23(2,30)15-10-18-21(24-11-15)28(13-25-18)12-14-7-8-17-20(9-14)31-22(27-17)26-16-5-3-4-6-19(16)29/h7-11,13,16,19,29-30H,3-6,12H2,1-2H3,(H,26,27). The first kappa shape index (κ1) is 20.4. The number of pyridine rings is 1. The Balaban J connectivity index is 1.37. The van der Waals surface area contributed by atoms with E-state index in [-0.39, 0.29) is 12.1 Å². The lowest BCUT2D eigenvalue weighted by atomic mass is 9.93. The molecule has 8 heteroatoms. The van der Waals surface area contributed by atoms with Gasteiger partial charge in [0.2, 0.25) is 0 Å². The monoisotopic (exact) mass is 437 g/mol. The Morgan fingerprint density at radius 2 is 2.00 bits per heavy atom. The van der Waals surface area contributed by atoms with E-state index in [9.17, 15) is 10.2 Å². The summed E-state index contributed by atoms with van der Waals surface area (Å²) < 4.78 is 3.13. The largest absolute Gasteiger partial charge is 0.391 e. The Hall–Kier alpha value is -2.55. The smallest absolute Gasteiger partial charge is 0.184 e. The number of nitrogens with one attached hydrogen (secondary N) is 1. The summed E-state index contributed by atoms with van der Waals surface area (Å²) in [5, 5.41) is 24.7. The van der Waals surface area contributed by atoms with Crippen LogP contribution >= 0.6 is 11.3 Å². The third kappa shape index (κ3) is 4.15. The number of aliphatic hydroxyl groups excluding tert-OH is 1. The number of aromatic nitrogens is 4. The molecule has 1 saturated carbocycles. The van der Waals surface area contributed by atoms with Crippen molar-refractivity contribution in [3.63, 3.8) is 0 Å². The number of imidazole rings is 1. The number of hydrogen-bond donors (Lipinski definition) is 3. The van der Waals surface area contributed by atoms with Crippen molar-refractivity contribution in [1.29, 1.82) is 0 Å². The highest BCUT2D eigenvalue weighted by atomic mass is 32.1. The molecule has 7 nitrogen and oxygen atoms in total. The Morgan fingerprint density at radius 1 is 1.16 bits per heavy atom. The van der Waals surface area contributed by atoms with Crippen molar-refractivity contribution in [2.24, 2.45) is 0 Å². The highest BCUT2D eigenvalue weighted by Gasteiger charge is 2.24. The second-order valence-corrected chi connectivity index (χ2v) is 9.95. The van der Waals surface area contributed by atoms with E-state index in [0.29, 0.717) is 6.54 Å².